The minimum Gasteiger partial charge on any atom is -0.379 e. The van der Waals surface area contributed by atoms with Crippen LogP contribution in [0.2, 0.25) is 5.02 Å². The molecule has 1 amide bonds. The van der Waals surface area contributed by atoms with Crippen molar-refractivity contribution in [1.82, 2.24) is 9.21 Å². The van der Waals surface area contributed by atoms with Gasteiger partial charge < -0.3 is 19.7 Å². The summed E-state index contributed by atoms with van der Waals surface area (Å²) in [4.78, 5) is 14.4. The third kappa shape index (κ3) is 5.56. The monoisotopic (exact) mass is 468 g/mol. The number of sulfonamides is 1. The van der Waals surface area contributed by atoms with E-state index < -0.39 is 15.9 Å². The molecule has 0 bridgehead atoms. The molecule has 11 heteroatoms. The molecule has 2 saturated heterocycles. The third-order valence-electron chi connectivity index (χ3n) is 4.98. The first-order valence-electron chi connectivity index (χ1n) is 9.91. The normalized spacial score (nSPS) is 23.3. The van der Waals surface area contributed by atoms with Crippen LogP contribution in [0.5, 0.6) is 0 Å². The first-order chi connectivity index (χ1) is 14.7. The van der Waals surface area contributed by atoms with Crippen molar-refractivity contribution < 1.29 is 22.7 Å². The van der Waals surface area contributed by atoms with Crippen molar-refractivity contribution in [3.8, 4) is 6.07 Å². The number of anilines is 1. The van der Waals surface area contributed by atoms with Crippen LogP contribution in [0, 0.1) is 11.3 Å². The number of benzene rings is 1. The molecule has 2 heterocycles. The minimum atomic E-state index is -3.71. The van der Waals surface area contributed by atoms with Gasteiger partial charge in [-0.25, -0.2) is 8.42 Å². The molecule has 31 heavy (non-hydrogen) atoms. The van der Waals surface area contributed by atoms with Crippen LogP contribution in [-0.2, 0) is 24.3 Å². The van der Waals surface area contributed by atoms with E-state index in [4.69, 9.17) is 21.1 Å². The molecule has 3 rings (SSSR count). The van der Waals surface area contributed by atoms with Gasteiger partial charge >= 0.3 is 0 Å². The van der Waals surface area contributed by atoms with Crippen LogP contribution in [0.15, 0.2) is 34.9 Å². The Balaban J connectivity index is 1.79. The van der Waals surface area contributed by atoms with Crippen molar-refractivity contribution in [2.24, 2.45) is 0 Å². The number of halogens is 1. The molecule has 0 spiro atoms. The van der Waals surface area contributed by atoms with Gasteiger partial charge in [0.05, 0.1) is 41.0 Å². The third-order valence-corrected chi connectivity index (χ3v) is 7.20. The second kappa shape index (κ2) is 9.97. The number of rotatable bonds is 5. The lowest BCUT2D eigenvalue weighted by Crippen LogP contribution is -2.48. The number of nitrogens with one attached hydrogen (secondary N) is 1. The van der Waals surface area contributed by atoms with Crippen LogP contribution in [0.1, 0.15) is 13.8 Å². The van der Waals surface area contributed by atoms with E-state index in [1.807, 2.05) is 19.9 Å². The largest absolute Gasteiger partial charge is 0.379 e. The first-order valence-corrected chi connectivity index (χ1v) is 11.7. The van der Waals surface area contributed by atoms with Crippen LogP contribution in [0.4, 0.5) is 5.69 Å². The van der Waals surface area contributed by atoms with Crippen LogP contribution in [0.25, 0.3) is 0 Å². The Morgan fingerprint density at radius 2 is 1.90 bits per heavy atom. The van der Waals surface area contributed by atoms with Crippen molar-refractivity contribution in [3.63, 3.8) is 0 Å². The average molecular weight is 469 g/mol. The highest BCUT2D eigenvalue weighted by atomic mass is 35.5. The molecule has 9 nitrogen and oxygen atoms in total. The van der Waals surface area contributed by atoms with Crippen molar-refractivity contribution in [3.05, 3.63) is 35.0 Å². The summed E-state index contributed by atoms with van der Waals surface area (Å²) in [6.07, 6.45) is 0.994. The highest BCUT2D eigenvalue weighted by Gasteiger charge is 2.29. The Labute approximate surface area is 187 Å². The average Bonchev–Trinajstić information content (AvgIpc) is 2.75. The Morgan fingerprint density at radius 3 is 2.52 bits per heavy atom. The van der Waals surface area contributed by atoms with Gasteiger partial charge in [0.2, 0.25) is 10.0 Å². The van der Waals surface area contributed by atoms with E-state index in [0.29, 0.717) is 26.3 Å². The second-order valence-corrected chi connectivity index (χ2v) is 9.78. The summed E-state index contributed by atoms with van der Waals surface area (Å²) in [7, 11) is -3.71. The Kier molecular flexibility index (Phi) is 7.56. The van der Waals surface area contributed by atoms with Gasteiger partial charge in [0.1, 0.15) is 11.6 Å². The zero-order valence-electron chi connectivity index (χ0n) is 17.4. The van der Waals surface area contributed by atoms with E-state index in [-0.39, 0.29) is 46.5 Å². The summed E-state index contributed by atoms with van der Waals surface area (Å²) in [5.41, 5.74) is 0.166. The summed E-state index contributed by atoms with van der Waals surface area (Å²) < 4.78 is 37.9. The summed E-state index contributed by atoms with van der Waals surface area (Å²) in [6, 6.07) is 6.18. The number of nitriles is 1. The lowest BCUT2D eigenvalue weighted by Gasteiger charge is -2.35. The molecule has 2 fully saturated rings. The summed E-state index contributed by atoms with van der Waals surface area (Å²) >= 11 is 6.21. The minimum absolute atomic E-state index is 0.0652. The van der Waals surface area contributed by atoms with E-state index in [1.165, 1.54) is 28.7 Å². The fourth-order valence-electron chi connectivity index (χ4n) is 3.52. The van der Waals surface area contributed by atoms with Gasteiger partial charge in [-0.05, 0) is 32.0 Å². The highest BCUT2D eigenvalue weighted by molar-refractivity contribution is 7.89. The first kappa shape index (κ1) is 23.5. The van der Waals surface area contributed by atoms with Gasteiger partial charge in [-0.3, -0.25) is 4.79 Å². The fourth-order valence-corrected chi connectivity index (χ4v) is 5.12. The topological polar surface area (TPSA) is 112 Å². The number of ether oxygens (including phenoxy) is 2. The second-order valence-electron chi connectivity index (χ2n) is 7.44. The van der Waals surface area contributed by atoms with E-state index in [2.05, 4.69) is 5.32 Å². The number of hydrogen-bond donors (Lipinski definition) is 1. The molecule has 2 unspecified atom stereocenters. The predicted octanol–water partition coefficient (Wildman–Crippen LogP) is 1.82. The van der Waals surface area contributed by atoms with E-state index >= 15 is 0 Å². The quantitative estimate of drug-likeness (QED) is 0.518. The molecule has 1 aromatic carbocycles. The molecule has 0 aliphatic carbocycles. The van der Waals surface area contributed by atoms with Gasteiger partial charge in [-0.2, -0.15) is 9.57 Å². The SMILES string of the molecule is CC1CN(C(=O)/C(C#N)=C\Nc2cc(S(=O)(=O)N3CCOCC3)ccc2Cl)CC(C)O1. The number of hydrogen-bond acceptors (Lipinski definition) is 7. The molecule has 1 N–H and O–H groups in total. The number of amides is 1. The summed E-state index contributed by atoms with van der Waals surface area (Å²) in [6.45, 7) is 5.73. The molecule has 168 valence electrons. The Morgan fingerprint density at radius 1 is 1.26 bits per heavy atom. The molecule has 0 aromatic heterocycles. The summed E-state index contributed by atoms with van der Waals surface area (Å²) in [5.74, 6) is -0.426. The highest BCUT2D eigenvalue weighted by Crippen LogP contribution is 2.27. The maximum Gasteiger partial charge on any atom is 0.266 e. The van der Waals surface area contributed by atoms with Crippen LogP contribution in [0.3, 0.4) is 0 Å². The number of carbonyl (C=O) groups excluding carboxylic acids is 1. The van der Waals surface area contributed by atoms with Crippen molar-refractivity contribution >= 4 is 33.2 Å². The van der Waals surface area contributed by atoms with Gasteiger partial charge in [-0.15, -0.1) is 0 Å². The molecule has 0 saturated carbocycles. The van der Waals surface area contributed by atoms with Gasteiger partial charge in [0.15, 0.2) is 0 Å². The fraction of sp³-hybridized carbons (Fsp3) is 0.500. The van der Waals surface area contributed by atoms with E-state index in [0.717, 1.165) is 0 Å². The Bertz CT molecular complexity index is 991. The summed E-state index contributed by atoms with van der Waals surface area (Å²) in [5, 5.41) is 12.6. The maximum absolute atomic E-state index is 12.9. The van der Waals surface area contributed by atoms with Crippen molar-refractivity contribution in [2.75, 3.05) is 44.7 Å². The van der Waals surface area contributed by atoms with E-state index in [1.54, 1.807) is 4.90 Å². The number of morpholine rings is 2. The zero-order chi connectivity index (χ0) is 22.6. The molecule has 2 aliphatic heterocycles. The standard InChI is InChI=1S/C20H25ClN4O5S/c1-14-12-24(13-15(2)30-14)20(26)16(10-22)11-23-19-9-17(3-4-18(19)21)31(27,28)25-5-7-29-8-6-25/h3-4,9,11,14-15,23H,5-8,12-13H2,1-2H3/b16-11-. The number of nitrogens with zero attached hydrogens (tertiary/aromatic N) is 3. The van der Waals surface area contributed by atoms with Crippen molar-refractivity contribution in [1.29, 1.82) is 5.26 Å². The molecule has 0 radical (unpaired) electrons. The van der Waals surface area contributed by atoms with Crippen LogP contribution in [-0.4, -0.2) is 75.1 Å². The van der Waals surface area contributed by atoms with Crippen molar-refractivity contribution in [2.45, 2.75) is 31.0 Å². The Hall–Kier alpha value is -2.16. The van der Waals surface area contributed by atoms with Gasteiger partial charge in [0, 0.05) is 32.4 Å². The lowest BCUT2D eigenvalue weighted by molar-refractivity contribution is -0.138. The molecular formula is C20H25ClN4O5S. The van der Waals surface area contributed by atoms with Crippen LogP contribution < -0.4 is 5.32 Å². The van der Waals surface area contributed by atoms with Gasteiger partial charge in [-0.1, -0.05) is 11.6 Å². The number of carbonyl (C=O) groups is 1. The molecular weight excluding hydrogens is 444 g/mol. The molecule has 2 atom stereocenters. The molecule has 2 aliphatic rings. The van der Waals surface area contributed by atoms with Crippen LogP contribution >= 0.6 is 11.6 Å². The van der Waals surface area contributed by atoms with E-state index in [9.17, 15) is 18.5 Å². The zero-order valence-corrected chi connectivity index (χ0v) is 18.9. The van der Waals surface area contributed by atoms with Gasteiger partial charge in [0.25, 0.3) is 5.91 Å². The maximum atomic E-state index is 12.9. The smallest absolute Gasteiger partial charge is 0.266 e. The lowest BCUT2D eigenvalue weighted by atomic mass is 10.2. The molecule has 1 aromatic rings. The predicted molar refractivity (Wildman–Crippen MR) is 115 cm³/mol.